The minimum Gasteiger partial charge on any atom is -0.457 e. The van der Waals surface area contributed by atoms with Crippen LogP contribution < -0.4 is 0 Å². The van der Waals surface area contributed by atoms with E-state index in [0.29, 0.717) is 13.0 Å². The summed E-state index contributed by atoms with van der Waals surface area (Å²) in [6.45, 7) is 1.84. The fourth-order valence-corrected chi connectivity index (χ4v) is 2.28. The molecule has 1 amide bonds. The molecule has 1 aromatic rings. The quantitative estimate of drug-likeness (QED) is 0.772. The highest BCUT2D eigenvalue weighted by Gasteiger charge is 2.18. The van der Waals surface area contributed by atoms with Crippen molar-refractivity contribution in [2.75, 3.05) is 20.7 Å². The van der Waals surface area contributed by atoms with Crippen LogP contribution in [0.15, 0.2) is 17.5 Å². The molecule has 1 rings (SSSR count). The predicted octanol–water partition coefficient (Wildman–Crippen LogP) is 2.44. The van der Waals surface area contributed by atoms with Crippen LogP contribution in [0.3, 0.4) is 0 Å². The smallest absolute Gasteiger partial charge is 0.409 e. The molecule has 0 saturated heterocycles. The summed E-state index contributed by atoms with van der Waals surface area (Å²) in [6, 6.07) is 3.82. The summed E-state index contributed by atoms with van der Waals surface area (Å²) in [5, 5.41) is 1.93. The molecule has 1 aromatic heterocycles. The third-order valence-electron chi connectivity index (χ3n) is 2.38. The average molecular weight is 271 g/mol. The molecule has 100 valence electrons. The van der Waals surface area contributed by atoms with Gasteiger partial charge in [0.25, 0.3) is 0 Å². The van der Waals surface area contributed by atoms with E-state index in [-0.39, 0.29) is 12.1 Å². The van der Waals surface area contributed by atoms with E-state index in [2.05, 4.69) is 4.74 Å². The monoisotopic (exact) mass is 271 g/mol. The zero-order valence-electron chi connectivity index (χ0n) is 10.7. The standard InChI is InChI=1S/C12H17NO4S/c1-9(14)17-10(11-5-4-8-18-11)6-7-13(2)12(15)16-3/h4-5,8,10H,6-7H2,1-3H3. The molecule has 1 unspecified atom stereocenters. The van der Waals surface area contributed by atoms with E-state index < -0.39 is 6.09 Å². The molecule has 5 nitrogen and oxygen atoms in total. The van der Waals surface area contributed by atoms with Crippen LogP contribution in [-0.4, -0.2) is 37.7 Å². The largest absolute Gasteiger partial charge is 0.457 e. The Labute approximate surface area is 110 Å². The molecule has 0 saturated carbocycles. The molecule has 1 heterocycles. The molecular weight excluding hydrogens is 254 g/mol. The maximum absolute atomic E-state index is 11.2. The van der Waals surface area contributed by atoms with Gasteiger partial charge in [0.15, 0.2) is 0 Å². The van der Waals surface area contributed by atoms with Gasteiger partial charge in [-0.3, -0.25) is 4.79 Å². The van der Waals surface area contributed by atoms with Gasteiger partial charge in [0.2, 0.25) is 0 Å². The Hall–Kier alpha value is -1.56. The highest BCUT2D eigenvalue weighted by Crippen LogP contribution is 2.26. The minimum absolute atomic E-state index is 0.311. The number of carbonyl (C=O) groups excluding carboxylic acids is 2. The second-order valence-electron chi connectivity index (χ2n) is 3.79. The van der Waals surface area contributed by atoms with Gasteiger partial charge in [-0.2, -0.15) is 0 Å². The van der Waals surface area contributed by atoms with Gasteiger partial charge in [-0.1, -0.05) is 6.07 Å². The number of ether oxygens (including phenoxy) is 2. The fourth-order valence-electron chi connectivity index (χ4n) is 1.49. The molecule has 0 aliphatic heterocycles. The molecule has 0 N–H and O–H groups in total. The molecule has 18 heavy (non-hydrogen) atoms. The van der Waals surface area contributed by atoms with Crippen LogP contribution in [0.4, 0.5) is 4.79 Å². The predicted molar refractivity (Wildman–Crippen MR) is 68.5 cm³/mol. The fraction of sp³-hybridized carbons (Fsp3) is 0.500. The van der Waals surface area contributed by atoms with Gasteiger partial charge in [0, 0.05) is 31.8 Å². The van der Waals surface area contributed by atoms with E-state index in [9.17, 15) is 9.59 Å². The first-order valence-electron chi connectivity index (χ1n) is 5.54. The highest BCUT2D eigenvalue weighted by molar-refractivity contribution is 7.10. The number of thiophene rings is 1. The van der Waals surface area contributed by atoms with Gasteiger partial charge >= 0.3 is 12.1 Å². The third-order valence-corrected chi connectivity index (χ3v) is 3.35. The van der Waals surface area contributed by atoms with Crippen molar-refractivity contribution in [2.24, 2.45) is 0 Å². The number of hydrogen-bond donors (Lipinski definition) is 0. The van der Waals surface area contributed by atoms with Gasteiger partial charge in [-0.25, -0.2) is 4.79 Å². The van der Waals surface area contributed by atoms with Crippen molar-refractivity contribution in [3.05, 3.63) is 22.4 Å². The van der Waals surface area contributed by atoms with Crippen molar-refractivity contribution in [2.45, 2.75) is 19.4 Å². The van der Waals surface area contributed by atoms with Gasteiger partial charge in [0.1, 0.15) is 6.10 Å². The van der Waals surface area contributed by atoms with E-state index in [0.717, 1.165) is 4.88 Å². The molecule has 0 aromatic carbocycles. The zero-order valence-corrected chi connectivity index (χ0v) is 11.5. The summed E-state index contributed by atoms with van der Waals surface area (Å²) < 4.78 is 9.85. The van der Waals surface area contributed by atoms with Crippen LogP contribution in [0.1, 0.15) is 24.3 Å². The Morgan fingerprint density at radius 1 is 1.50 bits per heavy atom. The van der Waals surface area contributed by atoms with E-state index in [1.165, 1.54) is 30.3 Å². The topological polar surface area (TPSA) is 55.8 Å². The van der Waals surface area contributed by atoms with Crippen molar-refractivity contribution in [3.8, 4) is 0 Å². The number of esters is 1. The van der Waals surface area contributed by atoms with Crippen LogP contribution in [0.2, 0.25) is 0 Å². The summed E-state index contributed by atoms with van der Waals surface area (Å²) in [7, 11) is 2.98. The van der Waals surface area contributed by atoms with Crippen molar-refractivity contribution >= 4 is 23.4 Å². The van der Waals surface area contributed by atoms with Crippen molar-refractivity contribution < 1.29 is 19.1 Å². The summed E-state index contributed by atoms with van der Waals surface area (Å²) in [4.78, 5) is 24.7. The van der Waals surface area contributed by atoms with Crippen LogP contribution in [-0.2, 0) is 14.3 Å². The lowest BCUT2D eigenvalue weighted by molar-refractivity contribution is -0.147. The SMILES string of the molecule is COC(=O)N(C)CCC(OC(C)=O)c1cccs1. The maximum atomic E-state index is 11.2. The van der Waals surface area contributed by atoms with Gasteiger partial charge < -0.3 is 14.4 Å². The van der Waals surface area contributed by atoms with Crippen molar-refractivity contribution in [1.82, 2.24) is 4.90 Å². The normalized spacial score (nSPS) is 11.7. The Morgan fingerprint density at radius 2 is 2.22 bits per heavy atom. The molecule has 0 radical (unpaired) electrons. The lowest BCUT2D eigenvalue weighted by atomic mass is 10.2. The zero-order chi connectivity index (χ0) is 13.5. The minimum atomic E-state index is -0.400. The highest BCUT2D eigenvalue weighted by atomic mass is 32.1. The van der Waals surface area contributed by atoms with E-state index >= 15 is 0 Å². The second kappa shape index (κ2) is 7.00. The molecule has 0 aliphatic rings. The molecule has 1 atom stereocenters. The number of rotatable bonds is 5. The van der Waals surface area contributed by atoms with Crippen LogP contribution >= 0.6 is 11.3 Å². The number of hydrogen-bond acceptors (Lipinski definition) is 5. The average Bonchev–Trinajstić information content (AvgIpc) is 2.86. The lowest BCUT2D eigenvalue weighted by Crippen LogP contribution is -2.28. The van der Waals surface area contributed by atoms with E-state index in [1.807, 2.05) is 17.5 Å². The first-order valence-corrected chi connectivity index (χ1v) is 6.42. The van der Waals surface area contributed by atoms with Crippen molar-refractivity contribution in [3.63, 3.8) is 0 Å². The molecule has 0 spiro atoms. The number of carbonyl (C=O) groups is 2. The first-order chi connectivity index (χ1) is 8.54. The van der Waals surface area contributed by atoms with Crippen LogP contribution in [0.5, 0.6) is 0 Å². The molecule has 6 heteroatoms. The Kier molecular flexibility index (Phi) is 5.64. The number of nitrogens with zero attached hydrogens (tertiary/aromatic N) is 1. The lowest BCUT2D eigenvalue weighted by Gasteiger charge is -2.20. The Bertz CT molecular complexity index is 391. The first kappa shape index (κ1) is 14.5. The number of amides is 1. The summed E-state index contributed by atoms with van der Waals surface area (Å²) >= 11 is 1.53. The van der Waals surface area contributed by atoms with Crippen molar-refractivity contribution in [1.29, 1.82) is 0 Å². The third kappa shape index (κ3) is 4.37. The molecule has 0 fully saturated rings. The maximum Gasteiger partial charge on any atom is 0.409 e. The molecular formula is C12H17NO4S. The van der Waals surface area contributed by atoms with E-state index in [1.54, 1.807) is 7.05 Å². The summed E-state index contributed by atoms with van der Waals surface area (Å²) in [5.74, 6) is -0.325. The van der Waals surface area contributed by atoms with Crippen LogP contribution in [0, 0.1) is 0 Å². The Morgan fingerprint density at radius 3 is 2.72 bits per heavy atom. The summed E-state index contributed by atoms with van der Waals surface area (Å²) in [5.41, 5.74) is 0. The Balaban J connectivity index is 2.57. The molecule has 0 bridgehead atoms. The van der Waals surface area contributed by atoms with Gasteiger partial charge in [0.05, 0.1) is 7.11 Å². The second-order valence-corrected chi connectivity index (χ2v) is 4.77. The van der Waals surface area contributed by atoms with E-state index in [4.69, 9.17) is 4.74 Å². The van der Waals surface area contributed by atoms with Crippen LogP contribution in [0.25, 0.3) is 0 Å². The van der Waals surface area contributed by atoms with Gasteiger partial charge in [-0.15, -0.1) is 11.3 Å². The molecule has 0 aliphatic carbocycles. The number of methoxy groups -OCH3 is 1. The van der Waals surface area contributed by atoms with Gasteiger partial charge in [-0.05, 0) is 11.4 Å². The summed E-state index contributed by atoms with van der Waals surface area (Å²) in [6.07, 6.45) is -0.163.